The molecule has 3 aromatic rings. The van der Waals surface area contributed by atoms with Crippen LogP contribution in [0.15, 0.2) is 42.5 Å². The van der Waals surface area contributed by atoms with Gasteiger partial charge in [-0.1, -0.05) is 0 Å². The molecule has 38 heavy (non-hydrogen) atoms. The molecular weight excluding hydrogens is 588 g/mol. The van der Waals surface area contributed by atoms with Crippen LogP contribution in [0.25, 0.3) is 0 Å². The van der Waals surface area contributed by atoms with Crippen LogP contribution in [0.2, 0.25) is 0 Å². The molecule has 0 aliphatic heterocycles. The van der Waals surface area contributed by atoms with Crippen molar-refractivity contribution >= 4 is 29.3 Å². The monoisotopic (exact) mass is 598 g/mol. The smallest absolute Gasteiger partial charge is 0.342 e. The molecule has 0 aliphatic carbocycles. The van der Waals surface area contributed by atoms with Gasteiger partial charge in [0.15, 0.2) is 0 Å². The van der Waals surface area contributed by atoms with Gasteiger partial charge in [-0.25, -0.2) is 36.3 Å². The van der Waals surface area contributed by atoms with Gasteiger partial charge in [-0.05, 0) is 24.3 Å². The predicted octanol–water partition coefficient (Wildman–Crippen LogP) is 4.48. The van der Waals surface area contributed by atoms with Crippen molar-refractivity contribution < 1.29 is 80.4 Å². The minimum atomic E-state index is -1.75. The van der Waals surface area contributed by atoms with Gasteiger partial charge in [0.25, 0.3) is 0 Å². The number of nitrogen functional groups attached to an aromatic ring is 1. The van der Waals surface area contributed by atoms with Crippen LogP contribution in [-0.4, -0.2) is 38.2 Å². The van der Waals surface area contributed by atoms with Gasteiger partial charge in [-0.3, -0.25) is 10.1 Å². The maximum atomic E-state index is 12.8. The first-order valence-electron chi connectivity index (χ1n) is 9.09. The van der Waals surface area contributed by atoms with E-state index in [1.54, 1.807) is 0 Å². The first-order valence-corrected chi connectivity index (χ1v) is 9.09. The molecular formula is C21H12F6N2O8Zn. The molecule has 0 spiro atoms. The normalized spacial score (nSPS) is 9.53. The first kappa shape index (κ1) is 33.5. The molecule has 0 amide bonds. The molecule has 0 saturated heterocycles. The minimum Gasteiger partial charge on any atom is -0.478 e. The van der Waals surface area contributed by atoms with E-state index >= 15 is 0 Å². The number of nitro benzene ring substituents is 1. The van der Waals surface area contributed by atoms with Crippen LogP contribution in [-0.2, 0) is 19.5 Å². The summed E-state index contributed by atoms with van der Waals surface area (Å²) in [5.74, 6) is -11.0. The fraction of sp³-hybridized carbons (Fsp3) is 0. The Hall–Kier alpha value is -4.53. The van der Waals surface area contributed by atoms with E-state index in [-0.39, 0.29) is 31.1 Å². The van der Waals surface area contributed by atoms with Crippen molar-refractivity contribution in [3.05, 3.63) is 104 Å². The average Bonchev–Trinajstić information content (AvgIpc) is 2.75. The van der Waals surface area contributed by atoms with Gasteiger partial charge < -0.3 is 21.1 Å². The van der Waals surface area contributed by atoms with Crippen molar-refractivity contribution in [2.75, 3.05) is 5.73 Å². The quantitative estimate of drug-likeness (QED) is 0.111. The molecule has 0 fully saturated rings. The Labute approximate surface area is 219 Å². The summed E-state index contributed by atoms with van der Waals surface area (Å²) in [7, 11) is 0. The fourth-order valence-electron chi connectivity index (χ4n) is 2.35. The van der Waals surface area contributed by atoms with Gasteiger partial charge in [0.05, 0.1) is 21.7 Å². The zero-order chi connectivity index (χ0) is 28.6. The molecule has 0 radical (unpaired) electrons. The number of aromatic carboxylic acids is 3. The van der Waals surface area contributed by atoms with E-state index in [1.165, 1.54) is 0 Å². The van der Waals surface area contributed by atoms with Gasteiger partial charge in [-0.15, -0.1) is 0 Å². The molecule has 5 N–H and O–H groups in total. The molecule has 17 heteroatoms. The van der Waals surface area contributed by atoms with E-state index in [0.717, 1.165) is 12.1 Å². The Morgan fingerprint density at radius 1 is 0.658 bits per heavy atom. The third-order valence-electron chi connectivity index (χ3n) is 3.88. The summed E-state index contributed by atoms with van der Waals surface area (Å²) in [5, 5.41) is 35.4. The summed E-state index contributed by atoms with van der Waals surface area (Å²) < 4.78 is 74.8. The summed E-state index contributed by atoms with van der Waals surface area (Å²) in [6.07, 6.45) is 0. The summed E-state index contributed by atoms with van der Waals surface area (Å²) >= 11 is 0. The Kier molecular flexibility index (Phi) is 12.6. The van der Waals surface area contributed by atoms with E-state index in [4.69, 9.17) is 21.1 Å². The van der Waals surface area contributed by atoms with Gasteiger partial charge in [0.2, 0.25) is 5.82 Å². The molecule has 0 heterocycles. The molecule has 0 bridgehead atoms. The summed E-state index contributed by atoms with van der Waals surface area (Å²) in [6.45, 7) is 0. The molecule has 10 nitrogen and oxygen atoms in total. The minimum absolute atomic E-state index is 0. The SMILES string of the molecule is Nc1c(F)cc(F)cc1C(=O)O.O=C(O)c1cc(F)cc(F)c1.O=C(O)c1cc(F)cc(F)c1[N+](=O)[O-].[Zn]. The van der Waals surface area contributed by atoms with Crippen molar-refractivity contribution in [2.45, 2.75) is 0 Å². The molecule has 3 rings (SSSR count). The second-order valence-corrected chi connectivity index (χ2v) is 6.46. The molecule has 3 aromatic carbocycles. The number of carboxylic acid groups (broad SMARTS) is 3. The van der Waals surface area contributed by atoms with Crippen molar-refractivity contribution in [2.24, 2.45) is 0 Å². The summed E-state index contributed by atoms with van der Waals surface area (Å²) in [6, 6.07) is 3.97. The van der Waals surface area contributed by atoms with Crippen LogP contribution in [0.4, 0.5) is 37.7 Å². The summed E-state index contributed by atoms with van der Waals surface area (Å²) in [4.78, 5) is 39.9. The molecule has 0 aliphatic rings. The van der Waals surface area contributed by atoms with E-state index in [1.807, 2.05) is 0 Å². The van der Waals surface area contributed by atoms with E-state index in [9.17, 15) is 50.8 Å². The number of nitrogens with zero attached hydrogens (tertiary/aromatic N) is 1. The van der Waals surface area contributed by atoms with Crippen LogP contribution in [0.1, 0.15) is 31.1 Å². The van der Waals surface area contributed by atoms with E-state index in [2.05, 4.69) is 0 Å². The summed E-state index contributed by atoms with van der Waals surface area (Å²) in [5.41, 5.74) is 1.28. The first-order chi connectivity index (χ1) is 17.0. The molecule has 0 atom stereocenters. The maximum Gasteiger partial charge on any atom is 0.342 e. The van der Waals surface area contributed by atoms with Crippen molar-refractivity contribution in [1.82, 2.24) is 0 Å². The van der Waals surface area contributed by atoms with E-state index in [0.29, 0.717) is 24.3 Å². The van der Waals surface area contributed by atoms with Gasteiger partial charge in [-0.2, -0.15) is 4.39 Å². The number of anilines is 1. The second kappa shape index (κ2) is 14.3. The van der Waals surface area contributed by atoms with Gasteiger partial charge in [0.1, 0.15) is 34.6 Å². The number of hydrogen-bond donors (Lipinski definition) is 4. The Balaban J connectivity index is 0.000000537. The topological polar surface area (TPSA) is 181 Å². The maximum absolute atomic E-state index is 12.8. The Bertz CT molecular complexity index is 1370. The molecule has 0 aromatic heterocycles. The van der Waals surface area contributed by atoms with Gasteiger partial charge in [0, 0.05) is 37.7 Å². The number of carboxylic acids is 3. The number of nitrogens with two attached hydrogens (primary N) is 1. The van der Waals surface area contributed by atoms with Crippen molar-refractivity contribution in [1.29, 1.82) is 0 Å². The third kappa shape index (κ3) is 9.50. The van der Waals surface area contributed by atoms with Gasteiger partial charge >= 0.3 is 23.6 Å². The number of halogens is 6. The number of benzene rings is 3. The predicted molar refractivity (Wildman–Crippen MR) is 111 cm³/mol. The Morgan fingerprint density at radius 3 is 1.45 bits per heavy atom. The molecule has 0 unspecified atom stereocenters. The van der Waals surface area contributed by atoms with Crippen molar-refractivity contribution in [3.63, 3.8) is 0 Å². The Morgan fingerprint density at radius 2 is 1.05 bits per heavy atom. The second-order valence-electron chi connectivity index (χ2n) is 6.46. The van der Waals surface area contributed by atoms with Crippen molar-refractivity contribution in [3.8, 4) is 0 Å². The van der Waals surface area contributed by atoms with Crippen LogP contribution in [0.3, 0.4) is 0 Å². The third-order valence-corrected chi connectivity index (χ3v) is 3.88. The largest absolute Gasteiger partial charge is 0.478 e. The zero-order valence-corrected chi connectivity index (χ0v) is 21.4. The number of nitro groups is 1. The zero-order valence-electron chi connectivity index (χ0n) is 18.4. The van der Waals surface area contributed by atoms with Crippen LogP contribution in [0, 0.1) is 45.0 Å². The average molecular weight is 600 g/mol. The van der Waals surface area contributed by atoms with Crippen LogP contribution >= 0.6 is 0 Å². The molecule has 0 saturated carbocycles. The molecule has 198 valence electrons. The number of hydrogen-bond acceptors (Lipinski definition) is 6. The number of carbonyl (C=O) groups is 3. The fourth-order valence-corrected chi connectivity index (χ4v) is 2.35. The van der Waals surface area contributed by atoms with E-state index < -0.39 is 80.2 Å². The van der Waals surface area contributed by atoms with Crippen LogP contribution in [0.5, 0.6) is 0 Å². The van der Waals surface area contributed by atoms with Crippen LogP contribution < -0.4 is 5.73 Å². The standard InChI is InChI=1S/C7H3F2NO4.C7H5F2NO2.C7H4F2O2.Zn/c8-3-1-4(7(11)12)6(10(13)14)5(9)2-3;8-3-1-4(7(11)12)6(10)5(9)2-3;8-5-1-4(7(10)11)2-6(9)3-5;/h1-2H,(H,11,12);1-2H,10H2,(H,11,12);1-3H,(H,10,11);. The number of rotatable bonds is 4.